The molecule has 1 aliphatic carbocycles. The van der Waals surface area contributed by atoms with Crippen molar-refractivity contribution in [3.8, 4) is 22.8 Å². The van der Waals surface area contributed by atoms with E-state index in [9.17, 15) is 13.2 Å². The van der Waals surface area contributed by atoms with Crippen LogP contribution in [0.5, 0.6) is 11.5 Å². The predicted octanol–water partition coefficient (Wildman–Crippen LogP) is 4.20. The fourth-order valence-corrected chi connectivity index (χ4v) is 5.92. The van der Waals surface area contributed by atoms with Gasteiger partial charge in [-0.15, -0.1) is 0 Å². The Bertz CT molecular complexity index is 1540. The quantitative estimate of drug-likeness (QED) is 0.413. The summed E-state index contributed by atoms with van der Waals surface area (Å²) >= 11 is 0. The number of aromatic amines is 1. The lowest BCUT2D eigenvalue weighted by atomic mass is 9.95. The van der Waals surface area contributed by atoms with Gasteiger partial charge in [0.2, 0.25) is 0 Å². The summed E-state index contributed by atoms with van der Waals surface area (Å²) in [6.07, 6.45) is 2.30. The first-order valence-corrected chi connectivity index (χ1v) is 12.9. The molecular weight excluding hydrogens is 466 g/mol. The van der Waals surface area contributed by atoms with Crippen LogP contribution in [0.4, 0.5) is 5.82 Å². The van der Waals surface area contributed by atoms with Crippen LogP contribution in [-0.2, 0) is 9.84 Å². The summed E-state index contributed by atoms with van der Waals surface area (Å²) in [6.45, 7) is 3.46. The molecule has 10 heteroatoms. The molecule has 0 aliphatic heterocycles. The van der Waals surface area contributed by atoms with E-state index in [1.165, 1.54) is 0 Å². The van der Waals surface area contributed by atoms with Crippen molar-refractivity contribution in [3.63, 3.8) is 0 Å². The molecule has 0 bridgehead atoms. The molecule has 180 valence electrons. The highest BCUT2D eigenvalue weighted by atomic mass is 32.2. The van der Waals surface area contributed by atoms with Gasteiger partial charge >= 0.3 is 0 Å². The molecular formula is C25H25N5O4S. The van der Waals surface area contributed by atoms with Crippen LogP contribution in [0.15, 0.2) is 71.4 Å². The summed E-state index contributed by atoms with van der Waals surface area (Å²) in [5.74, 6) is 1.52. The minimum atomic E-state index is -3.42. The lowest BCUT2D eigenvalue weighted by Gasteiger charge is -2.28. The van der Waals surface area contributed by atoms with Gasteiger partial charge in [0.25, 0.3) is 5.56 Å². The molecule has 0 amide bonds. The number of nitrogens with one attached hydrogen (secondary N) is 1. The first kappa shape index (κ1) is 22.9. The fraction of sp³-hybridized carbons (Fsp3) is 0.240. The Labute approximate surface area is 202 Å². The Morgan fingerprint density at radius 1 is 1.09 bits per heavy atom. The second kappa shape index (κ2) is 9.03. The zero-order chi connectivity index (χ0) is 24.6. The van der Waals surface area contributed by atoms with Crippen LogP contribution in [0.25, 0.3) is 22.2 Å². The molecule has 1 aliphatic rings. The van der Waals surface area contributed by atoms with E-state index < -0.39 is 20.6 Å². The van der Waals surface area contributed by atoms with Gasteiger partial charge in [0, 0.05) is 11.0 Å². The number of fused-ring (bicyclic) bond motifs is 1. The standard InChI is InChI=1S/C25H25N5O4S/c1-2-35(32,33)20-10-6-7-17(15-20)30-23-21(24(26)27-28-25(23)31)22(29-30)16-11-13-19(14-12-16)34-18-8-4-3-5-9-18/h2-5,8-9,11-14,17,20H,1,6-7,10,15H2,(H2,26,27)(H,28,31). The van der Waals surface area contributed by atoms with E-state index >= 15 is 0 Å². The zero-order valence-corrected chi connectivity index (χ0v) is 19.7. The number of ether oxygens (including phenoxy) is 1. The van der Waals surface area contributed by atoms with E-state index in [0.29, 0.717) is 48.0 Å². The average Bonchev–Trinajstić information content (AvgIpc) is 3.30. The van der Waals surface area contributed by atoms with E-state index in [0.717, 1.165) is 16.7 Å². The minimum Gasteiger partial charge on any atom is -0.457 e. The van der Waals surface area contributed by atoms with Gasteiger partial charge in [-0.25, -0.2) is 13.5 Å². The summed E-state index contributed by atoms with van der Waals surface area (Å²) in [4.78, 5) is 12.8. The van der Waals surface area contributed by atoms with Crippen molar-refractivity contribution in [2.75, 3.05) is 5.73 Å². The maximum atomic E-state index is 12.8. The normalized spacial score (nSPS) is 18.4. The molecule has 2 heterocycles. The zero-order valence-electron chi connectivity index (χ0n) is 18.9. The summed E-state index contributed by atoms with van der Waals surface area (Å²) in [6, 6.07) is 16.5. The number of rotatable bonds is 6. The average molecular weight is 492 g/mol. The van der Waals surface area contributed by atoms with Gasteiger partial charge in [0.1, 0.15) is 22.7 Å². The number of nitrogen functional groups attached to an aromatic ring is 1. The number of nitrogens with zero attached hydrogens (tertiary/aromatic N) is 3. The van der Waals surface area contributed by atoms with Gasteiger partial charge in [0.05, 0.1) is 16.7 Å². The predicted molar refractivity (Wildman–Crippen MR) is 135 cm³/mol. The summed E-state index contributed by atoms with van der Waals surface area (Å²) in [5.41, 5.74) is 7.30. The van der Waals surface area contributed by atoms with Gasteiger partial charge in [-0.3, -0.25) is 9.48 Å². The Balaban J connectivity index is 1.56. The van der Waals surface area contributed by atoms with E-state index in [1.807, 2.05) is 54.6 Å². The molecule has 3 N–H and O–H groups in total. The number of hydrogen-bond acceptors (Lipinski definition) is 7. The Hall–Kier alpha value is -3.92. The summed E-state index contributed by atoms with van der Waals surface area (Å²) in [7, 11) is -3.42. The molecule has 2 unspecified atom stereocenters. The lowest BCUT2D eigenvalue weighted by Crippen LogP contribution is -2.29. The van der Waals surface area contributed by atoms with Crippen molar-refractivity contribution < 1.29 is 13.2 Å². The molecule has 1 fully saturated rings. The van der Waals surface area contributed by atoms with Crippen molar-refractivity contribution in [2.45, 2.75) is 37.0 Å². The molecule has 5 rings (SSSR count). The molecule has 35 heavy (non-hydrogen) atoms. The second-order valence-electron chi connectivity index (χ2n) is 8.59. The van der Waals surface area contributed by atoms with Gasteiger partial charge in [-0.2, -0.15) is 10.2 Å². The summed E-state index contributed by atoms with van der Waals surface area (Å²) < 4.78 is 32.4. The number of anilines is 1. The van der Waals surface area contributed by atoms with Crippen molar-refractivity contribution in [1.29, 1.82) is 0 Å². The first-order chi connectivity index (χ1) is 16.9. The van der Waals surface area contributed by atoms with Crippen LogP contribution in [-0.4, -0.2) is 33.6 Å². The van der Waals surface area contributed by atoms with Gasteiger partial charge in [-0.05, 0) is 55.7 Å². The molecule has 9 nitrogen and oxygen atoms in total. The number of H-pyrrole nitrogens is 1. The van der Waals surface area contributed by atoms with Gasteiger partial charge < -0.3 is 10.5 Å². The minimum absolute atomic E-state index is 0.150. The Kier molecular flexibility index (Phi) is 5.89. The number of para-hydroxylation sites is 1. The number of hydrogen-bond donors (Lipinski definition) is 2. The smallest absolute Gasteiger partial charge is 0.290 e. The third kappa shape index (κ3) is 4.32. The van der Waals surface area contributed by atoms with Gasteiger partial charge in [-0.1, -0.05) is 31.2 Å². The van der Waals surface area contributed by atoms with Crippen molar-refractivity contribution >= 4 is 26.6 Å². The number of sulfone groups is 1. The van der Waals surface area contributed by atoms with Crippen LogP contribution in [0, 0.1) is 0 Å². The lowest BCUT2D eigenvalue weighted by molar-refractivity contribution is 0.337. The molecule has 0 saturated heterocycles. The first-order valence-electron chi connectivity index (χ1n) is 11.3. The maximum absolute atomic E-state index is 12.8. The molecule has 0 radical (unpaired) electrons. The number of nitrogens with two attached hydrogens (primary N) is 1. The van der Waals surface area contributed by atoms with Crippen LogP contribution in [0.3, 0.4) is 0 Å². The maximum Gasteiger partial charge on any atom is 0.290 e. The van der Waals surface area contributed by atoms with E-state index in [2.05, 4.69) is 16.8 Å². The SMILES string of the molecule is C=CS(=O)(=O)C1CCCC(n2nc(-c3ccc(Oc4ccccc4)cc3)c3c(N)n[nH]c(=O)c32)C1. The van der Waals surface area contributed by atoms with E-state index in [4.69, 9.17) is 15.6 Å². The largest absolute Gasteiger partial charge is 0.457 e. The Morgan fingerprint density at radius 2 is 1.80 bits per heavy atom. The molecule has 2 aromatic carbocycles. The molecule has 2 aromatic heterocycles. The molecule has 4 aromatic rings. The molecule has 0 spiro atoms. The van der Waals surface area contributed by atoms with Crippen LogP contribution in [0.2, 0.25) is 0 Å². The van der Waals surface area contributed by atoms with E-state index in [1.54, 1.807) is 4.68 Å². The molecule has 2 atom stereocenters. The van der Waals surface area contributed by atoms with Crippen molar-refractivity contribution in [3.05, 3.63) is 76.9 Å². The Morgan fingerprint density at radius 3 is 2.51 bits per heavy atom. The van der Waals surface area contributed by atoms with Crippen LogP contribution < -0.4 is 16.0 Å². The van der Waals surface area contributed by atoms with Crippen molar-refractivity contribution in [1.82, 2.24) is 20.0 Å². The number of benzene rings is 2. The van der Waals surface area contributed by atoms with Crippen molar-refractivity contribution in [2.24, 2.45) is 0 Å². The third-order valence-corrected chi connectivity index (χ3v) is 8.23. The monoisotopic (exact) mass is 491 g/mol. The second-order valence-corrected chi connectivity index (χ2v) is 10.8. The van der Waals surface area contributed by atoms with E-state index in [-0.39, 0.29) is 11.9 Å². The highest BCUT2D eigenvalue weighted by molar-refractivity contribution is 7.94. The fourth-order valence-electron chi connectivity index (χ4n) is 4.66. The highest BCUT2D eigenvalue weighted by Crippen LogP contribution is 2.37. The highest BCUT2D eigenvalue weighted by Gasteiger charge is 2.33. The van der Waals surface area contributed by atoms with Gasteiger partial charge in [0.15, 0.2) is 15.7 Å². The topological polar surface area (TPSA) is 133 Å². The molecule has 1 saturated carbocycles. The van der Waals surface area contributed by atoms with Crippen LogP contribution in [0.1, 0.15) is 31.7 Å². The number of aromatic nitrogens is 4. The third-order valence-electron chi connectivity index (χ3n) is 6.41. The van der Waals surface area contributed by atoms with Crippen LogP contribution >= 0.6 is 0 Å². The summed E-state index contributed by atoms with van der Waals surface area (Å²) in [5, 5.41) is 12.0.